The van der Waals surface area contributed by atoms with Crippen molar-refractivity contribution in [2.75, 3.05) is 13.2 Å². The molecule has 0 radical (unpaired) electrons. The van der Waals surface area contributed by atoms with Crippen molar-refractivity contribution in [1.29, 1.82) is 0 Å². The molecule has 54 valence electrons. The Balaban J connectivity index is 2.30. The summed E-state index contributed by atoms with van der Waals surface area (Å²) in [6.07, 6.45) is 3.69. The topological polar surface area (TPSA) is 24.7 Å². The summed E-state index contributed by atoms with van der Waals surface area (Å²) in [5, 5.41) is 8.80. The normalized spacial score (nSPS) is 36.7. The number of quaternary nitrogens is 1. The molecular formula is C7H15NO. The Morgan fingerprint density at radius 2 is 2.33 bits per heavy atom. The lowest BCUT2D eigenvalue weighted by atomic mass is 10.0. The van der Waals surface area contributed by atoms with Crippen LogP contribution in [0.2, 0.25) is 0 Å². The fourth-order valence-corrected chi connectivity index (χ4v) is 1.37. The molecule has 0 aromatic heterocycles. The molecule has 2 atom stereocenters. The van der Waals surface area contributed by atoms with Gasteiger partial charge in [0.05, 0.1) is 19.2 Å². The molecule has 0 bridgehead atoms. The van der Waals surface area contributed by atoms with Gasteiger partial charge < -0.3 is 10.0 Å². The van der Waals surface area contributed by atoms with E-state index in [0.29, 0.717) is 12.6 Å². The van der Waals surface area contributed by atoms with Crippen molar-refractivity contribution >= 4 is 0 Å². The second-order valence-electron chi connectivity index (χ2n) is 2.78. The number of rotatable bonds is 1. The minimum absolute atomic E-state index is 0.304. The van der Waals surface area contributed by atoms with E-state index in [0.717, 1.165) is 13.0 Å². The maximum atomic E-state index is 8.80. The molecule has 2 heteroatoms. The van der Waals surface area contributed by atoms with Gasteiger partial charge in [-0.15, -0.1) is 0 Å². The van der Waals surface area contributed by atoms with E-state index in [1.165, 1.54) is 17.7 Å². The summed E-state index contributed by atoms with van der Waals surface area (Å²) in [4.78, 5) is 1.25. The highest BCUT2D eigenvalue weighted by molar-refractivity contribution is 4.58. The summed E-state index contributed by atoms with van der Waals surface area (Å²) < 4.78 is 0. The number of piperidine rings is 1. The first kappa shape index (κ1) is 7.03. The third-order valence-electron chi connectivity index (χ3n) is 2.10. The molecule has 1 saturated heterocycles. The van der Waals surface area contributed by atoms with Crippen LogP contribution < -0.4 is 4.90 Å². The largest absolute Gasteiger partial charge is 0.463 e. The molecule has 0 saturated carbocycles. The van der Waals surface area contributed by atoms with Crippen molar-refractivity contribution in [3.8, 4) is 0 Å². The zero-order valence-electron chi connectivity index (χ0n) is 5.77. The van der Waals surface area contributed by atoms with E-state index in [1.807, 2.05) is 0 Å². The summed E-state index contributed by atoms with van der Waals surface area (Å²) >= 11 is 0. The predicted molar refractivity (Wildman–Crippen MR) is 35.9 cm³/mol. The van der Waals surface area contributed by atoms with E-state index in [2.05, 4.69) is 7.05 Å². The van der Waals surface area contributed by atoms with Gasteiger partial charge in [0.1, 0.15) is 0 Å². The number of hydrogen-bond acceptors (Lipinski definition) is 1. The van der Waals surface area contributed by atoms with E-state index in [1.54, 1.807) is 0 Å². The maximum Gasteiger partial charge on any atom is 0.0928 e. The van der Waals surface area contributed by atoms with Crippen LogP contribution in [0.5, 0.6) is 0 Å². The number of aliphatic hydroxyl groups is 1. The summed E-state index contributed by atoms with van der Waals surface area (Å²) in [6, 6.07) is 0.416. The fourth-order valence-electron chi connectivity index (χ4n) is 1.37. The van der Waals surface area contributed by atoms with Gasteiger partial charge in [-0.05, 0) is 19.3 Å². The first-order chi connectivity index (χ1) is 4.34. The zero-order valence-corrected chi connectivity index (χ0v) is 5.77. The quantitative estimate of drug-likeness (QED) is 0.445. The molecule has 1 heterocycles. The first-order valence-electron chi connectivity index (χ1n) is 3.63. The van der Waals surface area contributed by atoms with E-state index in [9.17, 15) is 0 Å². The van der Waals surface area contributed by atoms with Gasteiger partial charge in [-0.1, -0.05) is 0 Å². The van der Waals surface area contributed by atoms with Crippen LogP contribution in [0.4, 0.5) is 0 Å². The number of likely N-dealkylation sites (tertiary alicyclic amines) is 1. The number of aliphatic hydroxyl groups excluding tert-OH is 1. The third kappa shape index (κ3) is 1.66. The monoisotopic (exact) mass is 129 g/mol. The van der Waals surface area contributed by atoms with E-state index < -0.39 is 0 Å². The van der Waals surface area contributed by atoms with E-state index in [4.69, 9.17) is 5.11 Å². The van der Waals surface area contributed by atoms with Gasteiger partial charge in [-0.25, -0.2) is 0 Å². The lowest BCUT2D eigenvalue weighted by Crippen LogP contribution is -3.12. The molecule has 2 N–H and O–H groups in total. The van der Waals surface area contributed by atoms with Crippen LogP contribution in [-0.4, -0.2) is 24.3 Å². The standard InChI is InChI=1S/C7H15NO/c1-8-5-3-2-4-7(8)6-9/h7-9H,1-6H2. The zero-order chi connectivity index (χ0) is 6.69. The first-order valence-corrected chi connectivity index (χ1v) is 3.63. The van der Waals surface area contributed by atoms with E-state index >= 15 is 0 Å². The SMILES string of the molecule is [CH2-][NH+]1CCCCC1CO. The van der Waals surface area contributed by atoms with Crippen molar-refractivity contribution in [2.24, 2.45) is 0 Å². The maximum absolute atomic E-state index is 8.80. The molecule has 0 aromatic rings. The molecule has 2 nitrogen and oxygen atoms in total. The molecule has 0 spiro atoms. The third-order valence-corrected chi connectivity index (χ3v) is 2.10. The molecule has 2 unspecified atom stereocenters. The van der Waals surface area contributed by atoms with Gasteiger partial charge in [0.25, 0.3) is 0 Å². The van der Waals surface area contributed by atoms with Gasteiger partial charge >= 0.3 is 0 Å². The van der Waals surface area contributed by atoms with Gasteiger partial charge in [0, 0.05) is 0 Å². The molecule has 9 heavy (non-hydrogen) atoms. The Hall–Kier alpha value is -0.0800. The summed E-state index contributed by atoms with van der Waals surface area (Å²) in [5.74, 6) is 0. The minimum atomic E-state index is 0.304. The number of hydrogen-bond donors (Lipinski definition) is 2. The number of nitrogens with one attached hydrogen (secondary N) is 1. The smallest absolute Gasteiger partial charge is 0.0928 e. The van der Waals surface area contributed by atoms with Gasteiger partial charge in [0.15, 0.2) is 0 Å². The van der Waals surface area contributed by atoms with Crippen LogP contribution in [0.15, 0.2) is 0 Å². The molecule has 0 aliphatic carbocycles. The average Bonchev–Trinajstić information content (AvgIpc) is 1.89. The Bertz CT molecular complexity index is 85.0. The second-order valence-corrected chi connectivity index (χ2v) is 2.78. The van der Waals surface area contributed by atoms with Crippen LogP contribution in [0.3, 0.4) is 0 Å². The summed E-state index contributed by atoms with van der Waals surface area (Å²) in [7, 11) is 3.91. The van der Waals surface area contributed by atoms with Crippen LogP contribution in [0.1, 0.15) is 19.3 Å². The van der Waals surface area contributed by atoms with Crippen LogP contribution in [-0.2, 0) is 0 Å². The molecule has 0 aromatic carbocycles. The molecule has 1 fully saturated rings. The van der Waals surface area contributed by atoms with Crippen molar-refractivity contribution in [1.82, 2.24) is 0 Å². The summed E-state index contributed by atoms with van der Waals surface area (Å²) in [5.41, 5.74) is 0. The molecule has 0 amide bonds. The van der Waals surface area contributed by atoms with Crippen molar-refractivity contribution in [2.45, 2.75) is 25.3 Å². The Morgan fingerprint density at radius 3 is 2.78 bits per heavy atom. The van der Waals surface area contributed by atoms with Crippen LogP contribution >= 0.6 is 0 Å². The molecular weight excluding hydrogens is 114 g/mol. The van der Waals surface area contributed by atoms with Crippen molar-refractivity contribution < 1.29 is 10.0 Å². The van der Waals surface area contributed by atoms with Gasteiger partial charge in [0.2, 0.25) is 0 Å². The van der Waals surface area contributed by atoms with Gasteiger partial charge in [-0.2, -0.15) is 7.05 Å². The Kier molecular flexibility index (Phi) is 2.49. The lowest BCUT2D eigenvalue weighted by Gasteiger charge is -2.33. The van der Waals surface area contributed by atoms with Crippen molar-refractivity contribution in [3.63, 3.8) is 0 Å². The Labute approximate surface area is 56.5 Å². The molecule has 1 aliphatic heterocycles. The average molecular weight is 129 g/mol. The van der Waals surface area contributed by atoms with Crippen molar-refractivity contribution in [3.05, 3.63) is 7.05 Å². The van der Waals surface area contributed by atoms with E-state index in [-0.39, 0.29) is 0 Å². The van der Waals surface area contributed by atoms with Gasteiger partial charge in [-0.3, -0.25) is 0 Å². The molecule has 1 rings (SSSR count). The van der Waals surface area contributed by atoms with Crippen LogP contribution in [0, 0.1) is 7.05 Å². The highest BCUT2D eigenvalue weighted by Crippen LogP contribution is 2.01. The fraction of sp³-hybridized carbons (Fsp3) is 0.857. The summed E-state index contributed by atoms with van der Waals surface area (Å²) in [6.45, 7) is 1.43. The molecule has 1 aliphatic rings. The lowest BCUT2D eigenvalue weighted by molar-refractivity contribution is -0.887. The highest BCUT2D eigenvalue weighted by Gasteiger charge is 2.16. The highest BCUT2D eigenvalue weighted by atomic mass is 16.3. The predicted octanol–water partition coefficient (Wildman–Crippen LogP) is -0.792. The van der Waals surface area contributed by atoms with Crippen LogP contribution in [0.25, 0.3) is 0 Å². The minimum Gasteiger partial charge on any atom is -0.463 e. The Morgan fingerprint density at radius 1 is 1.56 bits per heavy atom. The second kappa shape index (κ2) is 3.18.